The number of nitrogens with one attached hydrogen (secondary N) is 4. The molecule has 4 aliphatic rings. The number of hydrogen-bond donors (Lipinski definition) is 4. The van der Waals surface area contributed by atoms with Crippen molar-refractivity contribution in [2.45, 2.75) is 68.1 Å². The molecule has 4 unspecified atom stereocenters. The van der Waals surface area contributed by atoms with Crippen LogP contribution >= 0.6 is 11.6 Å². The Hall–Kier alpha value is -0.440. The Balaban J connectivity index is 1.38. The third-order valence-electron chi connectivity index (χ3n) is 5.89. The molecule has 4 N–H and O–H groups in total. The van der Waals surface area contributed by atoms with E-state index in [1.807, 2.05) is 0 Å². The van der Waals surface area contributed by atoms with Crippen LogP contribution in [-0.4, -0.2) is 65.0 Å². The molecule has 3 heterocycles. The van der Waals surface area contributed by atoms with Gasteiger partial charge < -0.3 is 0 Å². The number of fused-ring (bicyclic) bond motifs is 1. The predicted molar refractivity (Wildman–Crippen MR) is 88.3 cm³/mol. The molecule has 0 spiro atoms. The summed E-state index contributed by atoms with van der Waals surface area (Å²) in [7, 11) is 0. The van der Waals surface area contributed by atoms with Gasteiger partial charge in [0, 0.05) is 37.8 Å². The number of carbonyl (C=O) groups is 1. The molecule has 4 atom stereocenters. The van der Waals surface area contributed by atoms with E-state index in [0.29, 0.717) is 24.7 Å². The Morgan fingerprint density at radius 2 is 1.91 bits per heavy atom. The van der Waals surface area contributed by atoms with Crippen molar-refractivity contribution >= 4 is 17.5 Å². The highest BCUT2D eigenvalue weighted by Gasteiger charge is 2.44. The number of halogens is 1. The molecule has 8 heteroatoms. The van der Waals surface area contributed by atoms with Crippen LogP contribution in [0.15, 0.2) is 0 Å². The van der Waals surface area contributed by atoms with Crippen molar-refractivity contribution in [3.05, 3.63) is 0 Å². The average Bonchev–Trinajstić information content (AvgIpc) is 3.01. The zero-order chi connectivity index (χ0) is 15.8. The van der Waals surface area contributed by atoms with E-state index in [1.165, 1.54) is 32.1 Å². The highest BCUT2D eigenvalue weighted by molar-refractivity contribution is 6.31. The molecule has 23 heavy (non-hydrogen) atoms. The van der Waals surface area contributed by atoms with Crippen molar-refractivity contribution in [1.29, 1.82) is 0 Å². The summed E-state index contributed by atoms with van der Waals surface area (Å²) in [6.45, 7) is 2.64. The van der Waals surface area contributed by atoms with E-state index >= 15 is 0 Å². The molecule has 0 bridgehead atoms. The van der Waals surface area contributed by atoms with Gasteiger partial charge in [0.05, 0.1) is 6.04 Å². The second kappa shape index (κ2) is 6.82. The van der Waals surface area contributed by atoms with Gasteiger partial charge in [0.25, 0.3) is 5.91 Å². The maximum atomic E-state index is 11.8. The van der Waals surface area contributed by atoms with Gasteiger partial charge in [-0.25, -0.2) is 15.9 Å². The van der Waals surface area contributed by atoms with Crippen LogP contribution in [0.4, 0.5) is 0 Å². The molecular formula is C15H27ClN6O. The normalized spacial score (nSPS) is 40.8. The highest BCUT2D eigenvalue weighted by Crippen LogP contribution is 2.29. The fourth-order valence-electron chi connectivity index (χ4n) is 4.61. The number of carbonyl (C=O) groups excluding carboxylic acids is 1. The lowest BCUT2D eigenvalue weighted by Crippen LogP contribution is -2.65. The van der Waals surface area contributed by atoms with Crippen molar-refractivity contribution < 1.29 is 4.79 Å². The maximum Gasteiger partial charge on any atom is 0.253 e. The molecule has 3 saturated heterocycles. The van der Waals surface area contributed by atoms with Gasteiger partial charge in [-0.1, -0.05) is 19.3 Å². The standard InChI is InChI=1S/C15H27ClN6O/c16-14-13(8-17-19-15(14)23)21-7-6-12-11(9-21)18-20-22(12)10-4-2-1-3-5-10/h10-14,17-18,20H,1-9H2,(H,19,23). The van der Waals surface area contributed by atoms with Crippen LogP contribution in [0.3, 0.4) is 0 Å². The van der Waals surface area contributed by atoms with Crippen LogP contribution in [0.1, 0.15) is 38.5 Å². The summed E-state index contributed by atoms with van der Waals surface area (Å²) in [6, 6.07) is 1.69. The summed E-state index contributed by atoms with van der Waals surface area (Å²) >= 11 is 6.32. The summed E-state index contributed by atoms with van der Waals surface area (Å²) in [5.41, 5.74) is 12.5. The third kappa shape index (κ3) is 3.10. The van der Waals surface area contributed by atoms with E-state index in [4.69, 9.17) is 11.6 Å². The largest absolute Gasteiger partial charge is 0.295 e. The van der Waals surface area contributed by atoms with Crippen molar-refractivity contribution in [3.8, 4) is 0 Å². The van der Waals surface area contributed by atoms with Gasteiger partial charge in [0.1, 0.15) is 5.38 Å². The first-order valence-corrected chi connectivity index (χ1v) is 9.38. The molecule has 130 valence electrons. The van der Waals surface area contributed by atoms with Crippen molar-refractivity contribution in [1.82, 2.24) is 31.7 Å². The Morgan fingerprint density at radius 3 is 2.74 bits per heavy atom. The molecule has 7 nitrogen and oxygen atoms in total. The number of likely N-dealkylation sites (tertiary alicyclic amines) is 1. The second-order valence-electron chi connectivity index (χ2n) is 7.25. The van der Waals surface area contributed by atoms with Crippen LogP contribution in [0.2, 0.25) is 0 Å². The summed E-state index contributed by atoms with van der Waals surface area (Å²) in [5.74, 6) is -0.119. The van der Waals surface area contributed by atoms with Crippen molar-refractivity contribution in [3.63, 3.8) is 0 Å². The number of nitrogens with zero attached hydrogens (tertiary/aromatic N) is 2. The minimum Gasteiger partial charge on any atom is -0.295 e. The fraction of sp³-hybridized carbons (Fsp3) is 0.933. The lowest BCUT2D eigenvalue weighted by Gasteiger charge is -2.44. The molecule has 0 radical (unpaired) electrons. The third-order valence-corrected chi connectivity index (χ3v) is 6.38. The van der Waals surface area contributed by atoms with Crippen LogP contribution in [-0.2, 0) is 4.79 Å². The number of alkyl halides is 1. The van der Waals surface area contributed by atoms with Crippen LogP contribution in [0.5, 0.6) is 0 Å². The smallest absolute Gasteiger partial charge is 0.253 e. The van der Waals surface area contributed by atoms with Gasteiger partial charge in [0.2, 0.25) is 0 Å². The Morgan fingerprint density at radius 1 is 1.09 bits per heavy atom. The lowest BCUT2D eigenvalue weighted by atomic mass is 9.91. The van der Waals surface area contributed by atoms with Crippen molar-refractivity contribution in [2.24, 2.45) is 0 Å². The minimum atomic E-state index is -0.475. The molecule has 1 saturated carbocycles. The number of hydrazine groups is 3. The quantitative estimate of drug-likeness (QED) is 0.516. The van der Waals surface area contributed by atoms with E-state index < -0.39 is 5.38 Å². The molecule has 1 aliphatic carbocycles. The summed E-state index contributed by atoms with van der Waals surface area (Å²) < 4.78 is 0. The highest BCUT2D eigenvalue weighted by atomic mass is 35.5. The molecule has 0 aromatic heterocycles. The molecule has 1 amide bonds. The first kappa shape index (κ1) is 16.1. The lowest BCUT2D eigenvalue weighted by molar-refractivity contribution is -0.125. The van der Waals surface area contributed by atoms with E-state index in [9.17, 15) is 4.79 Å². The zero-order valence-electron chi connectivity index (χ0n) is 13.4. The van der Waals surface area contributed by atoms with Gasteiger partial charge in [-0.2, -0.15) is 5.53 Å². The van der Waals surface area contributed by atoms with Crippen LogP contribution in [0, 0.1) is 0 Å². The van der Waals surface area contributed by atoms with Gasteiger partial charge in [-0.15, -0.1) is 11.6 Å². The first-order chi connectivity index (χ1) is 11.2. The average molecular weight is 343 g/mol. The number of hydrogen-bond acceptors (Lipinski definition) is 6. The Kier molecular flexibility index (Phi) is 4.76. The molecule has 3 aliphatic heterocycles. The molecule has 0 aromatic rings. The van der Waals surface area contributed by atoms with Gasteiger partial charge in [-0.3, -0.25) is 15.1 Å². The molecule has 4 rings (SSSR count). The van der Waals surface area contributed by atoms with E-state index in [0.717, 1.165) is 19.5 Å². The Labute approximate surface area is 142 Å². The summed E-state index contributed by atoms with van der Waals surface area (Å²) in [4.78, 5) is 14.1. The molecule has 4 fully saturated rings. The van der Waals surface area contributed by atoms with Gasteiger partial charge >= 0.3 is 0 Å². The van der Waals surface area contributed by atoms with E-state index in [2.05, 4.69) is 31.7 Å². The van der Waals surface area contributed by atoms with Crippen LogP contribution in [0.25, 0.3) is 0 Å². The van der Waals surface area contributed by atoms with Crippen LogP contribution < -0.4 is 21.8 Å². The fourth-order valence-corrected chi connectivity index (χ4v) is 4.91. The van der Waals surface area contributed by atoms with E-state index in [1.54, 1.807) is 0 Å². The zero-order valence-corrected chi connectivity index (χ0v) is 14.2. The van der Waals surface area contributed by atoms with Gasteiger partial charge in [0.15, 0.2) is 0 Å². The molecule has 0 aromatic carbocycles. The number of amides is 1. The second-order valence-corrected chi connectivity index (χ2v) is 7.72. The maximum absolute atomic E-state index is 11.8. The molecular weight excluding hydrogens is 316 g/mol. The number of piperidine rings is 1. The first-order valence-electron chi connectivity index (χ1n) is 8.94. The Bertz CT molecular complexity index is 446. The predicted octanol–water partition coefficient (Wildman–Crippen LogP) is -0.303. The van der Waals surface area contributed by atoms with E-state index in [-0.39, 0.29) is 11.9 Å². The van der Waals surface area contributed by atoms with Crippen molar-refractivity contribution in [2.75, 3.05) is 19.6 Å². The minimum absolute atomic E-state index is 0.0666. The summed E-state index contributed by atoms with van der Waals surface area (Å²) in [5, 5.41) is 2.00. The SMILES string of the molecule is O=C1NNCC(N2CCC3C(C2)NNN3C2CCCCC2)C1Cl. The van der Waals surface area contributed by atoms with Gasteiger partial charge in [-0.05, 0) is 19.3 Å². The monoisotopic (exact) mass is 342 g/mol. The number of rotatable bonds is 2. The topological polar surface area (TPSA) is 71.7 Å². The summed E-state index contributed by atoms with van der Waals surface area (Å²) in [6.07, 6.45) is 7.80.